The van der Waals surface area contributed by atoms with Crippen LogP contribution in [-0.4, -0.2) is 44.8 Å². The quantitative estimate of drug-likeness (QED) is 0.226. The SMILES string of the molecule is O=C1C2C(c3cccc(C(F)(F)F)c3)NC(Cc3ccc([N+](=O)[O-])cc3)(C(=O)O)C2C(=O)N1C/C=C\c1ccccc1. The molecule has 216 valence electrons. The van der Waals surface area contributed by atoms with Crippen molar-refractivity contribution in [1.29, 1.82) is 0 Å². The first-order chi connectivity index (χ1) is 19.9. The van der Waals surface area contributed by atoms with Gasteiger partial charge in [0.25, 0.3) is 5.69 Å². The summed E-state index contributed by atoms with van der Waals surface area (Å²) in [6, 6.07) is 17.1. The molecule has 0 spiro atoms. The summed E-state index contributed by atoms with van der Waals surface area (Å²) in [7, 11) is 0. The molecule has 2 aliphatic rings. The largest absolute Gasteiger partial charge is 0.480 e. The number of nitro benzene ring substituents is 1. The van der Waals surface area contributed by atoms with Crippen LogP contribution in [0, 0.1) is 22.0 Å². The van der Waals surface area contributed by atoms with Crippen LogP contribution < -0.4 is 5.32 Å². The number of rotatable bonds is 8. The lowest BCUT2D eigenvalue weighted by Crippen LogP contribution is -2.57. The number of carboxylic acids is 1. The molecule has 4 atom stereocenters. The van der Waals surface area contributed by atoms with Gasteiger partial charge < -0.3 is 5.11 Å². The summed E-state index contributed by atoms with van der Waals surface area (Å²) in [6.07, 6.45) is -1.78. The smallest absolute Gasteiger partial charge is 0.416 e. The van der Waals surface area contributed by atoms with Gasteiger partial charge >= 0.3 is 12.1 Å². The van der Waals surface area contributed by atoms with Gasteiger partial charge in [-0.05, 0) is 28.8 Å². The molecule has 2 N–H and O–H groups in total. The predicted molar refractivity (Wildman–Crippen MR) is 144 cm³/mol. The van der Waals surface area contributed by atoms with E-state index in [1.165, 1.54) is 30.3 Å². The van der Waals surface area contributed by atoms with Crippen LogP contribution in [0.15, 0.2) is 84.9 Å². The summed E-state index contributed by atoms with van der Waals surface area (Å²) in [5, 5.41) is 24.5. The van der Waals surface area contributed by atoms with Gasteiger partial charge in [-0.1, -0.05) is 66.7 Å². The molecule has 12 heteroatoms. The number of alkyl halides is 3. The van der Waals surface area contributed by atoms with E-state index < -0.39 is 57.9 Å². The first-order valence-electron chi connectivity index (χ1n) is 12.9. The third kappa shape index (κ3) is 5.16. The van der Waals surface area contributed by atoms with Crippen LogP contribution in [0.1, 0.15) is 28.3 Å². The minimum Gasteiger partial charge on any atom is -0.480 e. The van der Waals surface area contributed by atoms with Crippen molar-refractivity contribution in [2.24, 2.45) is 11.8 Å². The first kappa shape index (κ1) is 28.7. The molecule has 0 radical (unpaired) electrons. The Morgan fingerprint density at radius 1 is 1.02 bits per heavy atom. The van der Waals surface area contributed by atoms with E-state index in [0.717, 1.165) is 28.7 Å². The topological polar surface area (TPSA) is 130 Å². The second-order valence-corrected chi connectivity index (χ2v) is 10.2. The van der Waals surface area contributed by atoms with Gasteiger partial charge in [-0.2, -0.15) is 13.2 Å². The number of hydrogen-bond acceptors (Lipinski definition) is 6. The van der Waals surface area contributed by atoms with Crippen LogP contribution in [0.5, 0.6) is 0 Å². The summed E-state index contributed by atoms with van der Waals surface area (Å²) in [5.41, 5.74) is -2.18. The number of carbonyl (C=O) groups excluding carboxylic acids is 2. The number of non-ortho nitro benzene ring substituents is 1. The van der Waals surface area contributed by atoms with Crippen molar-refractivity contribution < 1.29 is 37.6 Å². The molecule has 2 fully saturated rings. The molecule has 2 saturated heterocycles. The van der Waals surface area contributed by atoms with E-state index in [1.807, 2.05) is 18.2 Å². The number of fused-ring (bicyclic) bond motifs is 1. The van der Waals surface area contributed by atoms with E-state index >= 15 is 0 Å². The van der Waals surface area contributed by atoms with Gasteiger partial charge in [0.15, 0.2) is 0 Å². The summed E-state index contributed by atoms with van der Waals surface area (Å²) < 4.78 is 40.7. The van der Waals surface area contributed by atoms with Crippen molar-refractivity contribution in [2.45, 2.75) is 24.2 Å². The molecule has 5 rings (SSSR count). The molecule has 42 heavy (non-hydrogen) atoms. The Balaban J connectivity index is 1.56. The normalized spacial score (nSPS) is 23.9. The molecular weight excluding hydrogens is 555 g/mol. The van der Waals surface area contributed by atoms with Crippen LogP contribution in [0.2, 0.25) is 0 Å². The number of nitro groups is 1. The number of benzene rings is 3. The van der Waals surface area contributed by atoms with Gasteiger partial charge in [-0.25, -0.2) is 0 Å². The van der Waals surface area contributed by atoms with Crippen LogP contribution >= 0.6 is 0 Å². The van der Waals surface area contributed by atoms with Crippen molar-refractivity contribution in [2.75, 3.05) is 6.54 Å². The fourth-order valence-electron chi connectivity index (χ4n) is 5.79. The number of carbonyl (C=O) groups is 3. The lowest BCUT2D eigenvalue weighted by molar-refractivity contribution is -0.384. The Bertz CT molecular complexity index is 1580. The third-order valence-corrected chi connectivity index (χ3v) is 7.73. The molecule has 4 unspecified atom stereocenters. The summed E-state index contributed by atoms with van der Waals surface area (Å²) >= 11 is 0. The number of nitrogens with zero attached hydrogens (tertiary/aromatic N) is 2. The average Bonchev–Trinajstić information content (AvgIpc) is 3.43. The molecule has 0 aromatic heterocycles. The Morgan fingerprint density at radius 2 is 1.71 bits per heavy atom. The molecule has 2 aliphatic heterocycles. The Labute approximate surface area is 237 Å². The van der Waals surface area contributed by atoms with Gasteiger partial charge in [0.05, 0.1) is 22.3 Å². The molecule has 2 heterocycles. The monoisotopic (exact) mass is 579 g/mol. The molecule has 0 saturated carbocycles. The van der Waals surface area contributed by atoms with Crippen LogP contribution in [0.25, 0.3) is 6.08 Å². The fourth-order valence-corrected chi connectivity index (χ4v) is 5.79. The second kappa shape index (κ2) is 10.9. The third-order valence-electron chi connectivity index (χ3n) is 7.73. The van der Waals surface area contributed by atoms with Crippen LogP contribution in [0.4, 0.5) is 18.9 Å². The number of halogens is 3. The molecular formula is C30H24F3N3O6. The maximum atomic E-state index is 13.8. The van der Waals surface area contributed by atoms with E-state index in [4.69, 9.17) is 0 Å². The number of aliphatic carboxylic acids is 1. The maximum Gasteiger partial charge on any atom is 0.416 e. The number of imide groups is 1. The first-order valence-corrected chi connectivity index (χ1v) is 12.9. The number of hydrogen-bond donors (Lipinski definition) is 2. The Hall–Kier alpha value is -4.84. The lowest BCUT2D eigenvalue weighted by Gasteiger charge is -2.31. The van der Waals surface area contributed by atoms with Gasteiger partial charge in [-0.15, -0.1) is 0 Å². The zero-order valence-corrected chi connectivity index (χ0v) is 21.8. The zero-order valence-electron chi connectivity index (χ0n) is 21.8. The maximum absolute atomic E-state index is 13.8. The molecule has 3 aromatic carbocycles. The van der Waals surface area contributed by atoms with E-state index in [-0.39, 0.29) is 24.2 Å². The van der Waals surface area contributed by atoms with Crippen LogP contribution in [-0.2, 0) is 27.0 Å². The van der Waals surface area contributed by atoms with E-state index in [0.29, 0.717) is 5.56 Å². The minimum atomic E-state index is -4.69. The molecule has 0 aliphatic carbocycles. The van der Waals surface area contributed by atoms with Crippen molar-refractivity contribution in [1.82, 2.24) is 10.2 Å². The van der Waals surface area contributed by atoms with Gasteiger partial charge in [-0.3, -0.25) is 34.7 Å². The summed E-state index contributed by atoms with van der Waals surface area (Å²) in [6.45, 7) is -0.165. The van der Waals surface area contributed by atoms with Crippen LogP contribution in [0.3, 0.4) is 0 Å². The number of amides is 2. The summed E-state index contributed by atoms with van der Waals surface area (Å²) in [5.74, 6) is -5.71. The van der Waals surface area contributed by atoms with Crippen molar-refractivity contribution >= 4 is 29.5 Å². The van der Waals surface area contributed by atoms with E-state index in [2.05, 4.69) is 5.32 Å². The predicted octanol–water partition coefficient (Wildman–Crippen LogP) is 4.64. The highest BCUT2D eigenvalue weighted by Gasteiger charge is 2.68. The lowest BCUT2D eigenvalue weighted by atomic mass is 9.76. The Kier molecular flexibility index (Phi) is 7.42. The highest BCUT2D eigenvalue weighted by molar-refractivity contribution is 6.09. The number of carboxylic acid groups (broad SMARTS) is 1. The van der Waals surface area contributed by atoms with Gasteiger partial charge in [0.2, 0.25) is 11.8 Å². The average molecular weight is 580 g/mol. The fraction of sp³-hybridized carbons (Fsp3) is 0.233. The number of likely N-dealkylation sites (tertiary alicyclic amines) is 1. The van der Waals surface area contributed by atoms with Gasteiger partial charge in [0.1, 0.15) is 5.54 Å². The molecule has 0 bridgehead atoms. The van der Waals surface area contributed by atoms with E-state index in [1.54, 1.807) is 24.3 Å². The van der Waals surface area contributed by atoms with E-state index in [9.17, 15) is 42.8 Å². The Morgan fingerprint density at radius 3 is 2.33 bits per heavy atom. The highest BCUT2D eigenvalue weighted by atomic mass is 19.4. The standard InChI is InChI=1S/C30H24F3N3O6/c31-30(32,33)21-10-4-9-20(16-21)25-23-24(27(38)35(26(23)37)15-5-8-18-6-2-1-3-7-18)29(34-25,28(39)40)17-19-11-13-22(14-12-19)36(41)42/h1-14,16,23-25,34H,15,17H2,(H,39,40)/b8-5-. The second-order valence-electron chi connectivity index (χ2n) is 10.2. The molecule has 3 aromatic rings. The van der Waals surface area contributed by atoms with Crippen molar-refractivity contribution in [3.05, 3.63) is 117 Å². The molecule has 9 nitrogen and oxygen atoms in total. The van der Waals surface area contributed by atoms with Crippen molar-refractivity contribution in [3.8, 4) is 0 Å². The zero-order chi connectivity index (χ0) is 30.2. The van der Waals surface area contributed by atoms with Gasteiger partial charge in [0, 0.05) is 31.1 Å². The minimum absolute atomic E-state index is 0.00878. The van der Waals surface area contributed by atoms with Crippen molar-refractivity contribution in [3.63, 3.8) is 0 Å². The number of nitrogens with one attached hydrogen (secondary N) is 1. The molecule has 2 amide bonds. The summed E-state index contributed by atoms with van der Waals surface area (Å²) in [4.78, 5) is 51.9. The highest BCUT2D eigenvalue weighted by Crippen LogP contribution is 2.50.